The largest absolute Gasteiger partial charge is 0.483 e. The van der Waals surface area contributed by atoms with Crippen LogP contribution in [-0.2, 0) is 16.8 Å². The summed E-state index contributed by atoms with van der Waals surface area (Å²) in [5, 5.41) is 12.1. The monoisotopic (exact) mass is 480 g/mol. The topological polar surface area (TPSA) is 86.1 Å². The second kappa shape index (κ2) is 10.9. The van der Waals surface area contributed by atoms with Crippen LogP contribution in [-0.4, -0.2) is 32.2 Å². The van der Waals surface area contributed by atoms with Crippen molar-refractivity contribution in [3.8, 4) is 5.75 Å². The fourth-order valence-corrected chi connectivity index (χ4v) is 4.25. The van der Waals surface area contributed by atoms with E-state index in [1.54, 1.807) is 24.3 Å². The van der Waals surface area contributed by atoms with E-state index in [-0.39, 0.29) is 29.0 Å². The number of anilines is 1. The number of rotatable bonds is 9. The number of hydrogen-bond donors (Lipinski definition) is 1. The van der Waals surface area contributed by atoms with Crippen molar-refractivity contribution in [1.82, 2.24) is 14.8 Å². The van der Waals surface area contributed by atoms with E-state index in [0.29, 0.717) is 28.8 Å². The third-order valence-corrected chi connectivity index (χ3v) is 6.31. The van der Waals surface area contributed by atoms with Crippen molar-refractivity contribution in [1.29, 1.82) is 0 Å². The predicted octanol–water partition coefficient (Wildman–Crippen LogP) is 5.67. The van der Waals surface area contributed by atoms with E-state index >= 15 is 0 Å². The molecule has 1 unspecified atom stereocenters. The van der Waals surface area contributed by atoms with Gasteiger partial charge in [0.05, 0.1) is 5.75 Å². The molecule has 34 heavy (non-hydrogen) atoms. The van der Waals surface area contributed by atoms with Crippen molar-refractivity contribution in [3.63, 3.8) is 0 Å². The summed E-state index contributed by atoms with van der Waals surface area (Å²) in [5.74, 6) is 1.43. The van der Waals surface area contributed by atoms with Crippen molar-refractivity contribution in [2.24, 2.45) is 0 Å². The highest BCUT2D eigenvalue weighted by Gasteiger charge is 2.20. The third kappa shape index (κ3) is 6.47. The number of amides is 1. The molecule has 8 heteroatoms. The summed E-state index contributed by atoms with van der Waals surface area (Å²) in [6, 6.07) is 15.0. The van der Waals surface area contributed by atoms with Gasteiger partial charge in [-0.05, 0) is 56.0 Å². The Labute approximate surface area is 205 Å². The summed E-state index contributed by atoms with van der Waals surface area (Å²) in [6.07, 6.45) is -0.301. The summed E-state index contributed by atoms with van der Waals surface area (Å²) in [6.45, 7) is 12.6. The molecule has 3 rings (SSSR count). The Morgan fingerprint density at radius 3 is 2.44 bits per heavy atom. The van der Waals surface area contributed by atoms with Crippen molar-refractivity contribution in [2.75, 3.05) is 11.1 Å². The number of carbonyl (C=O) groups is 2. The van der Waals surface area contributed by atoms with Crippen LogP contribution in [0, 0.1) is 0 Å². The van der Waals surface area contributed by atoms with Crippen LogP contribution in [0.1, 0.15) is 69.4 Å². The quantitative estimate of drug-likeness (QED) is 0.314. The van der Waals surface area contributed by atoms with E-state index in [4.69, 9.17) is 4.74 Å². The minimum Gasteiger partial charge on any atom is -0.483 e. The minimum atomic E-state index is -0.301. The first-order valence-corrected chi connectivity index (χ1v) is 12.3. The first-order valence-electron chi connectivity index (χ1n) is 11.3. The van der Waals surface area contributed by atoms with E-state index < -0.39 is 0 Å². The first kappa shape index (κ1) is 25.5. The number of carbonyl (C=O) groups excluding carboxylic acids is 2. The fraction of sp³-hybridized carbons (Fsp3) is 0.385. The van der Waals surface area contributed by atoms with Gasteiger partial charge in [0.2, 0.25) is 5.91 Å². The van der Waals surface area contributed by atoms with Crippen LogP contribution >= 0.6 is 11.8 Å². The van der Waals surface area contributed by atoms with E-state index in [0.717, 1.165) is 5.75 Å². The standard InChI is InChI=1S/C26H32N4O3S/c1-7-30-24(18(3)33-22-13-11-20(12-14-22)26(4,5)6)28-29-25(30)34-16-23(32)27-21-10-8-9-19(15-21)17(2)31/h8-15,18H,7,16H2,1-6H3,(H,27,32). The van der Waals surface area contributed by atoms with Gasteiger partial charge >= 0.3 is 0 Å². The molecule has 1 amide bonds. The number of ketones is 1. The van der Waals surface area contributed by atoms with Crippen molar-refractivity contribution in [2.45, 2.75) is 64.8 Å². The lowest BCUT2D eigenvalue weighted by molar-refractivity contribution is -0.113. The molecule has 7 nitrogen and oxygen atoms in total. The summed E-state index contributed by atoms with van der Waals surface area (Å²) in [4.78, 5) is 24.0. The van der Waals surface area contributed by atoms with Crippen molar-refractivity contribution in [3.05, 3.63) is 65.5 Å². The number of benzene rings is 2. The molecule has 0 aliphatic carbocycles. The second-order valence-corrected chi connectivity index (χ2v) is 10.0. The number of aromatic nitrogens is 3. The number of nitrogens with zero attached hydrogens (tertiary/aromatic N) is 3. The van der Waals surface area contributed by atoms with Crippen LogP contribution in [0.4, 0.5) is 5.69 Å². The van der Waals surface area contributed by atoms with Crippen LogP contribution in [0.3, 0.4) is 0 Å². The molecule has 0 aliphatic rings. The molecule has 1 atom stereocenters. The van der Waals surface area contributed by atoms with Gasteiger partial charge in [0.1, 0.15) is 5.75 Å². The van der Waals surface area contributed by atoms with Crippen molar-refractivity contribution < 1.29 is 14.3 Å². The summed E-state index contributed by atoms with van der Waals surface area (Å²) in [5.41, 5.74) is 2.48. The molecule has 1 N–H and O–H groups in total. The van der Waals surface area contributed by atoms with E-state index in [9.17, 15) is 9.59 Å². The van der Waals surface area contributed by atoms with Gasteiger partial charge in [0.25, 0.3) is 0 Å². The smallest absolute Gasteiger partial charge is 0.234 e. The minimum absolute atomic E-state index is 0.0458. The van der Waals surface area contributed by atoms with Gasteiger partial charge < -0.3 is 14.6 Å². The molecule has 0 fully saturated rings. The van der Waals surface area contributed by atoms with Gasteiger partial charge in [-0.15, -0.1) is 10.2 Å². The maximum absolute atomic E-state index is 12.4. The maximum Gasteiger partial charge on any atom is 0.234 e. The Morgan fingerprint density at radius 2 is 1.82 bits per heavy atom. The highest BCUT2D eigenvalue weighted by Crippen LogP contribution is 2.28. The molecular formula is C26H32N4O3S. The summed E-state index contributed by atoms with van der Waals surface area (Å²) >= 11 is 1.31. The molecule has 2 aromatic carbocycles. The van der Waals surface area contributed by atoms with Crippen LogP contribution in [0.15, 0.2) is 53.7 Å². The zero-order chi connectivity index (χ0) is 24.9. The van der Waals surface area contributed by atoms with E-state index in [2.05, 4.69) is 48.4 Å². The number of thioether (sulfide) groups is 1. The maximum atomic E-state index is 12.4. The Kier molecular flexibility index (Phi) is 8.15. The Morgan fingerprint density at radius 1 is 1.12 bits per heavy atom. The molecule has 0 spiro atoms. The van der Waals surface area contributed by atoms with Gasteiger partial charge in [0.15, 0.2) is 22.9 Å². The highest BCUT2D eigenvalue weighted by atomic mass is 32.2. The van der Waals surface area contributed by atoms with Gasteiger partial charge in [-0.25, -0.2) is 0 Å². The number of Topliss-reactive ketones (excluding diaryl/α,β-unsaturated/α-hetero) is 1. The molecule has 0 aliphatic heterocycles. The fourth-order valence-electron chi connectivity index (χ4n) is 3.44. The first-order chi connectivity index (χ1) is 16.1. The normalized spacial score (nSPS) is 12.3. The van der Waals surface area contributed by atoms with Gasteiger partial charge in [-0.1, -0.05) is 56.8 Å². The van der Waals surface area contributed by atoms with Gasteiger partial charge in [-0.2, -0.15) is 0 Å². The Bertz CT molecular complexity index is 1150. The van der Waals surface area contributed by atoms with Crippen LogP contribution in [0.2, 0.25) is 0 Å². The zero-order valence-corrected chi connectivity index (χ0v) is 21.4. The molecule has 3 aromatic rings. The molecule has 1 heterocycles. The third-order valence-electron chi connectivity index (χ3n) is 5.34. The lowest BCUT2D eigenvalue weighted by atomic mass is 9.87. The molecule has 0 saturated carbocycles. The van der Waals surface area contributed by atoms with Crippen molar-refractivity contribution >= 4 is 29.1 Å². The molecule has 180 valence electrons. The molecular weight excluding hydrogens is 448 g/mol. The summed E-state index contributed by atoms with van der Waals surface area (Å²) < 4.78 is 8.08. The number of nitrogens with one attached hydrogen (secondary N) is 1. The lowest BCUT2D eigenvalue weighted by Gasteiger charge is -2.20. The zero-order valence-electron chi connectivity index (χ0n) is 20.6. The average molecular weight is 481 g/mol. The van der Waals surface area contributed by atoms with Crippen LogP contribution in [0.5, 0.6) is 5.75 Å². The van der Waals surface area contributed by atoms with E-state index in [1.165, 1.54) is 24.2 Å². The molecule has 0 bridgehead atoms. The molecule has 0 saturated heterocycles. The van der Waals surface area contributed by atoms with Crippen LogP contribution in [0.25, 0.3) is 0 Å². The SMILES string of the molecule is CCn1c(SCC(=O)Nc2cccc(C(C)=O)c2)nnc1C(C)Oc1ccc(C(C)(C)C)cc1. The van der Waals surface area contributed by atoms with E-state index in [1.807, 2.05) is 30.5 Å². The molecule has 1 aromatic heterocycles. The lowest BCUT2D eigenvalue weighted by Crippen LogP contribution is -2.15. The highest BCUT2D eigenvalue weighted by molar-refractivity contribution is 7.99. The predicted molar refractivity (Wildman–Crippen MR) is 136 cm³/mol. The Balaban J connectivity index is 1.62. The number of ether oxygens (including phenoxy) is 1. The number of hydrogen-bond acceptors (Lipinski definition) is 6. The second-order valence-electron chi connectivity index (χ2n) is 9.09. The molecule has 0 radical (unpaired) electrons. The van der Waals surface area contributed by atoms with Crippen LogP contribution < -0.4 is 10.1 Å². The Hall–Kier alpha value is -3.13. The average Bonchev–Trinajstić information content (AvgIpc) is 3.20. The van der Waals surface area contributed by atoms with Gasteiger partial charge in [-0.3, -0.25) is 9.59 Å². The van der Waals surface area contributed by atoms with Gasteiger partial charge in [0, 0.05) is 17.8 Å². The summed E-state index contributed by atoms with van der Waals surface area (Å²) in [7, 11) is 0.